The summed E-state index contributed by atoms with van der Waals surface area (Å²) in [7, 11) is 3.32. The third kappa shape index (κ3) is 5.73. The maximum absolute atomic E-state index is 14.3. The van der Waals surface area contributed by atoms with Gasteiger partial charge < -0.3 is 19.3 Å². The quantitative estimate of drug-likeness (QED) is 0.599. The molecule has 0 spiro atoms. The zero-order chi connectivity index (χ0) is 22.9. The number of nitrogens with zero attached hydrogens (tertiary/aromatic N) is 2. The minimum absolute atomic E-state index is 0.0543. The van der Waals surface area contributed by atoms with Crippen LogP contribution in [0.2, 0.25) is 0 Å². The van der Waals surface area contributed by atoms with Crippen LogP contribution in [-0.4, -0.2) is 61.2 Å². The Kier molecular flexibility index (Phi) is 6.63. The van der Waals surface area contributed by atoms with Crippen molar-refractivity contribution in [2.75, 3.05) is 33.8 Å². The van der Waals surface area contributed by atoms with Gasteiger partial charge in [0.15, 0.2) is 0 Å². The summed E-state index contributed by atoms with van der Waals surface area (Å²) in [6.07, 6.45) is 6.15. The SMILES string of the molecule is CN(C)C(=O)Cc1ccc(OCC[C@@H]2C[C@H]2C2CCN(C(=O)OC3(C)CC3)CC2)cc1F. The van der Waals surface area contributed by atoms with Crippen LogP contribution in [0.4, 0.5) is 9.18 Å². The number of likely N-dealkylation sites (N-methyl/N-ethyl adjacent to an activating group) is 1. The number of amides is 2. The molecule has 0 N–H and O–H groups in total. The summed E-state index contributed by atoms with van der Waals surface area (Å²) in [4.78, 5) is 27.4. The fraction of sp³-hybridized carbons (Fsp3) is 0.680. The first-order valence-electron chi connectivity index (χ1n) is 11.8. The van der Waals surface area contributed by atoms with Crippen molar-refractivity contribution in [2.45, 2.75) is 57.5 Å². The monoisotopic (exact) mass is 446 g/mol. The van der Waals surface area contributed by atoms with Gasteiger partial charge in [0, 0.05) is 33.3 Å². The summed E-state index contributed by atoms with van der Waals surface area (Å²) < 4.78 is 25.6. The second-order valence-electron chi connectivity index (χ2n) is 10.2. The average molecular weight is 447 g/mol. The van der Waals surface area contributed by atoms with E-state index < -0.39 is 5.82 Å². The highest BCUT2D eigenvalue weighted by molar-refractivity contribution is 5.78. The number of likely N-dealkylation sites (tertiary alicyclic amines) is 1. The number of rotatable bonds is 8. The molecule has 4 rings (SSSR count). The first-order chi connectivity index (χ1) is 15.2. The van der Waals surface area contributed by atoms with Gasteiger partial charge in [0.25, 0.3) is 0 Å². The molecule has 0 aromatic heterocycles. The Morgan fingerprint density at radius 3 is 2.56 bits per heavy atom. The van der Waals surface area contributed by atoms with Gasteiger partial charge in [0.05, 0.1) is 13.0 Å². The van der Waals surface area contributed by atoms with Crippen LogP contribution in [0.5, 0.6) is 5.75 Å². The third-order valence-corrected chi connectivity index (χ3v) is 7.29. The molecule has 3 aliphatic rings. The second kappa shape index (κ2) is 9.28. The molecule has 7 heteroatoms. The van der Waals surface area contributed by atoms with Crippen LogP contribution in [0.1, 0.15) is 51.0 Å². The molecule has 2 amide bonds. The third-order valence-electron chi connectivity index (χ3n) is 7.29. The van der Waals surface area contributed by atoms with Crippen molar-refractivity contribution in [3.05, 3.63) is 29.6 Å². The molecule has 2 aliphatic carbocycles. The van der Waals surface area contributed by atoms with Crippen molar-refractivity contribution in [3.63, 3.8) is 0 Å². The van der Waals surface area contributed by atoms with Gasteiger partial charge in [-0.05, 0) is 74.8 Å². The number of piperidine rings is 1. The van der Waals surface area contributed by atoms with Crippen molar-refractivity contribution < 1.29 is 23.5 Å². The average Bonchev–Trinajstić information content (AvgIpc) is 3.68. The first-order valence-corrected chi connectivity index (χ1v) is 11.8. The lowest BCUT2D eigenvalue weighted by Gasteiger charge is -2.32. The number of halogens is 1. The van der Waals surface area contributed by atoms with Crippen molar-refractivity contribution in [3.8, 4) is 5.75 Å². The Bertz CT molecular complexity index is 846. The highest BCUT2D eigenvalue weighted by Gasteiger charge is 2.45. The lowest BCUT2D eigenvalue weighted by molar-refractivity contribution is -0.128. The molecule has 1 saturated heterocycles. The van der Waals surface area contributed by atoms with Crippen LogP contribution in [0, 0.1) is 23.6 Å². The van der Waals surface area contributed by atoms with E-state index in [9.17, 15) is 14.0 Å². The molecule has 1 aromatic carbocycles. The number of ether oxygens (including phenoxy) is 2. The highest BCUT2D eigenvalue weighted by Crippen LogP contribution is 2.50. The fourth-order valence-corrected chi connectivity index (χ4v) is 4.65. The Labute approximate surface area is 190 Å². The Morgan fingerprint density at radius 1 is 1.22 bits per heavy atom. The number of benzene rings is 1. The lowest BCUT2D eigenvalue weighted by atomic mass is 9.91. The highest BCUT2D eigenvalue weighted by atomic mass is 19.1. The largest absolute Gasteiger partial charge is 0.493 e. The van der Waals surface area contributed by atoms with Crippen LogP contribution >= 0.6 is 0 Å². The minimum atomic E-state index is -0.400. The van der Waals surface area contributed by atoms with Crippen LogP contribution in [0.3, 0.4) is 0 Å². The summed E-state index contributed by atoms with van der Waals surface area (Å²) in [6.45, 7) is 4.16. The topological polar surface area (TPSA) is 59.1 Å². The number of carbonyl (C=O) groups is 2. The molecule has 0 radical (unpaired) electrons. The van der Waals surface area contributed by atoms with E-state index in [-0.39, 0.29) is 24.0 Å². The Hall–Kier alpha value is -2.31. The smallest absolute Gasteiger partial charge is 0.410 e. The van der Waals surface area contributed by atoms with E-state index in [2.05, 4.69) is 0 Å². The molecule has 2 atom stereocenters. The molecule has 6 nitrogen and oxygen atoms in total. The van der Waals surface area contributed by atoms with E-state index >= 15 is 0 Å². The molecule has 3 fully saturated rings. The van der Waals surface area contributed by atoms with E-state index in [4.69, 9.17) is 9.47 Å². The molecule has 2 saturated carbocycles. The van der Waals surface area contributed by atoms with E-state index in [0.29, 0.717) is 35.7 Å². The molecule has 1 aliphatic heterocycles. The zero-order valence-corrected chi connectivity index (χ0v) is 19.4. The summed E-state index contributed by atoms with van der Waals surface area (Å²) in [5, 5.41) is 0. The predicted octanol–water partition coefficient (Wildman–Crippen LogP) is 4.26. The molecular formula is C25H35FN2O4. The van der Waals surface area contributed by atoms with Gasteiger partial charge >= 0.3 is 6.09 Å². The van der Waals surface area contributed by atoms with E-state index in [1.807, 2.05) is 11.8 Å². The van der Waals surface area contributed by atoms with Crippen LogP contribution < -0.4 is 4.74 Å². The van der Waals surface area contributed by atoms with Crippen molar-refractivity contribution in [2.24, 2.45) is 17.8 Å². The van der Waals surface area contributed by atoms with Gasteiger partial charge in [-0.2, -0.15) is 0 Å². The Morgan fingerprint density at radius 2 is 1.94 bits per heavy atom. The molecule has 176 valence electrons. The van der Waals surface area contributed by atoms with Crippen molar-refractivity contribution >= 4 is 12.0 Å². The van der Waals surface area contributed by atoms with Crippen LogP contribution in [-0.2, 0) is 16.0 Å². The number of carbonyl (C=O) groups excluding carboxylic acids is 2. The number of hydrogen-bond donors (Lipinski definition) is 0. The van der Waals surface area contributed by atoms with Gasteiger partial charge in [0.2, 0.25) is 5.91 Å². The van der Waals surface area contributed by atoms with Gasteiger partial charge in [-0.3, -0.25) is 4.79 Å². The molecule has 0 unspecified atom stereocenters. The fourth-order valence-electron chi connectivity index (χ4n) is 4.65. The van der Waals surface area contributed by atoms with E-state index in [1.165, 1.54) is 17.4 Å². The molecule has 0 bridgehead atoms. The summed E-state index contributed by atoms with van der Waals surface area (Å²) in [5.74, 6) is 2.03. The summed E-state index contributed by atoms with van der Waals surface area (Å²) in [5.41, 5.74) is 0.183. The predicted molar refractivity (Wildman–Crippen MR) is 119 cm³/mol. The first kappa shape index (κ1) is 22.9. The maximum Gasteiger partial charge on any atom is 0.410 e. The normalized spacial score (nSPS) is 24.1. The van der Waals surface area contributed by atoms with Crippen LogP contribution in [0.15, 0.2) is 18.2 Å². The molecule has 1 aromatic rings. The second-order valence-corrected chi connectivity index (χ2v) is 10.2. The van der Waals surface area contributed by atoms with Gasteiger partial charge in [0.1, 0.15) is 17.2 Å². The lowest BCUT2D eigenvalue weighted by Crippen LogP contribution is -2.40. The van der Waals surface area contributed by atoms with E-state index in [1.54, 1.807) is 26.2 Å². The Balaban J connectivity index is 1.14. The minimum Gasteiger partial charge on any atom is -0.493 e. The zero-order valence-electron chi connectivity index (χ0n) is 19.4. The molecular weight excluding hydrogens is 411 g/mol. The summed E-state index contributed by atoms with van der Waals surface area (Å²) >= 11 is 0. The standard InChI is InChI=1S/C25H35FN2O4/c1-25(9-10-25)32-24(30)28-11-6-17(7-12-28)21-14-18(21)8-13-31-20-5-4-19(22(26)16-20)15-23(29)27(2)3/h4-5,16-18,21H,6-15H2,1-3H3/t18-,21+/m1/s1. The van der Waals surface area contributed by atoms with Crippen LogP contribution in [0.25, 0.3) is 0 Å². The van der Waals surface area contributed by atoms with Gasteiger partial charge in [-0.15, -0.1) is 0 Å². The van der Waals surface area contributed by atoms with Gasteiger partial charge in [-0.1, -0.05) is 6.07 Å². The van der Waals surface area contributed by atoms with E-state index in [0.717, 1.165) is 45.2 Å². The maximum atomic E-state index is 14.3. The van der Waals surface area contributed by atoms with Gasteiger partial charge in [-0.25, -0.2) is 9.18 Å². The molecule has 1 heterocycles. The number of hydrogen-bond acceptors (Lipinski definition) is 4. The van der Waals surface area contributed by atoms with Crippen molar-refractivity contribution in [1.82, 2.24) is 9.80 Å². The summed E-state index contributed by atoms with van der Waals surface area (Å²) in [6, 6.07) is 4.75. The van der Waals surface area contributed by atoms with Crippen molar-refractivity contribution in [1.29, 1.82) is 0 Å². The molecule has 32 heavy (non-hydrogen) atoms.